The molecule has 0 aliphatic heterocycles. The Hall–Kier alpha value is -0.0800. The zero-order valence-corrected chi connectivity index (χ0v) is 8.09. The van der Waals surface area contributed by atoms with Gasteiger partial charge in [0.2, 0.25) is 0 Å². The molecule has 0 aliphatic rings. The summed E-state index contributed by atoms with van der Waals surface area (Å²) in [6, 6.07) is 0.496. The van der Waals surface area contributed by atoms with E-state index in [0.717, 1.165) is 13.0 Å². The molecule has 0 aromatic heterocycles. The molecular weight excluding hydrogens is 138 g/mol. The molecule has 68 valence electrons. The first-order valence-corrected chi connectivity index (χ1v) is 4.49. The summed E-state index contributed by atoms with van der Waals surface area (Å²) in [6.07, 6.45) is 0.647. The van der Waals surface area contributed by atoms with Gasteiger partial charge in [0.15, 0.2) is 0 Å². The summed E-state index contributed by atoms with van der Waals surface area (Å²) in [4.78, 5) is 0. The predicted octanol–water partition coefficient (Wildman–Crippen LogP) is 1.39. The first-order valence-electron chi connectivity index (χ1n) is 4.49. The summed E-state index contributed by atoms with van der Waals surface area (Å²) in [7, 11) is 0. The molecular formula is C9H21NO. The molecule has 0 fully saturated rings. The van der Waals surface area contributed by atoms with E-state index in [1.54, 1.807) is 0 Å². The maximum Gasteiger partial charge on any atom is 0.0662 e. The van der Waals surface area contributed by atoms with Gasteiger partial charge in [-0.25, -0.2) is 0 Å². The van der Waals surface area contributed by atoms with Gasteiger partial charge in [-0.15, -0.1) is 0 Å². The standard InChI is InChI=1S/C9H21NO/c1-5-9(11)6-10-8(4)7(2)3/h7-11H,5-6H2,1-4H3. The highest BCUT2D eigenvalue weighted by Crippen LogP contribution is 1.99. The van der Waals surface area contributed by atoms with Crippen molar-refractivity contribution in [2.24, 2.45) is 5.92 Å². The lowest BCUT2D eigenvalue weighted by Crippen LogP contribution is -2.36. The molecule has 0 amide bonds. The van der Waals surface area contributed by atoms with E-state index in [4.69, 9.17) is 0 Å². The molecule has 0 bridgehead atoms. The van der Waals surface area contributed by atoms with Gasteiger partial charge < -0.3 is 10.4 Å². The van der Waals surface area contributed by atoms with E-state index in [1.807, 2.05) is 6.92 Å². The van der Waals surface area contributed by atoms with Crippen LogP contribution in [-0.2, 0) is 0 Å². The topological polar surface area (TPSA) is 32.3 Å². The van der Waals surface area contributed by atoms with Crippen molar-refractivity contribution in [3.63, 3.8) is 0 Å². The third-order valence-electron chi connectivity index (χ3n) is 2.15. The molecule has 2 N–H and O–H groups in total. The van der Waals surface area contributed by atoms with E-state index in [0.29, 0.717) is 12.0 Å². The van der Waals surface area contributed by atoms with Crippen LogP contribution in [0.15, 0.2) is 0 Å². The molecule has 2 heteroatoms. The fourth-order valence-electron chi connectivity index (χ4n) is 0.702. The maximum atomic E-state index is 9.23. The van der Waals surface area contributed by atoms with E-state index in [9.17, 15) is 5.11 Å². The van der Waals surface area contributed by atoms with E-state index < -0.39 is 0 Å². The van der Waals surface area contributed by atoms with Crippen LogP contribution in [0.3, 0.4) is 0 Å². The Balaban J connectivity index is 3.37. The van der Waals surface area contributed by atoms with E-state index >= 15 is 0 Å². The number of hydrogen-bond acceptors (Lipinski definition) is 2. The Kier molecular flexibility index (Phi) is 5.51. The summed E-state index contributed by atoms with van der Waals surface area (Å²) in [5.41, 5.74) is 0. The largest absolute Gasteiger partial charge is 0.392 e. The minimum atomic E-state index is -0.184. The average molecular weight is 159 g/mol. The summed E-state index contributed by atoms with van der Waals surface area (Å²) in [5.74, 6) is 0.638. The molecule has 0 aromatic rings. The Morgan fingerprint density at radius 1 is 1.27 bits per heavy atom. The monoisotopic (exact) mass is 159 g/mol. The van der Waals surface area contributed by atoms with Crippen molar-refractivity contribution in [2.45, 2.75) is 46.3 Å². The van der Waals surface area contributed by atoms with Crippen LogP contribution in [0, 0.1) is 5.92 Å². The summed E-state index contributed by atoms with van der Waals surface area (Å²) < 4.78 is 0. The Morgan fingerprint density at radius 2 is 1.82 bits per heavy atom. The number of aliphatic hydroxyl groups excluding tert-OH is 1. The summed E-state index contributed by atoms with van der Waals surface area (Å²) in [5, 5.41) is 12.5. The third-order valence-corrected chi connectivity index (χ3v) is 2.15. The minimum Gasteiger partial charge on any atom is -0.392 e. The maximum absolute atomic E-state index is 9.23. The van der Waals surface area contributed by atoms with E-state index in [-0.39, 0.29) is 6.10 Å². The lowest BCUT2D eigenvalue weighted by molar-refractivity contribution is 0.160. The van der Waals surface area contributed by atoms with E-state index in [2.05, 4.69) is 26.1 Å². The SMILES string of the molecule is CCC(O)CNC(C)C(C)C. The smallest absolute Gasteiger partial charge is 0.0662 e. The molecule has 0 rings (SSSR count). The van der Waals surface area contributed by atoms with Crippen molar-refractivity contribution in [3.05, 3.63) is 0 Å². The van der Waals surface area contributed by atoms with Crippen LogP contribution < -0.4 is 5.32 Å². The van der Waals surface area contributed by atoms with Gasteiger partial charge in [-0.2, -0.15) is 0 Å². The van der Waals surface area contributed by atoms with Crippen molar-refractivity contribution in [1.29, 1.82) is 0 Å². The van der Waals surface area contributed by atoms with Crippen LogP contribution in [-0.4, -0.2) is 23.8 Å². The zero-order valence-electron chi connectivity index (χ0n) is 8.09. The second kappa shape index (κ2) is 5.56. The van der Waals surface area contributed by atoms with Crippen molar-refractivity contribution in [1.82, 2.24) is 5.32 Å². The third kappa shape index (κ3) is 5.22. The van der Waals surface area contributed by atoms with E-state index in [1.165, 1.54) is 0 Å². The van der Waals surface area contributed by atoms with Crippen LogP contribution >= 0.6 is 0 Å². The van der Waals surface area contributed by atoms with Crippen molar-refractivity contribution < 1.29 is 5.11 Å². The summed E-state index contributed by atoms with van der Waals surface area (Å²) >= 11 is 0. The summed E-state index contributed by atoms with van der Waals surface area (Å²) in [6.45, 7) is 9.21. The Bertz CT molecular complexity index is 93.6. The molecule has 0 saturated heterocycles. The van der Waals surface area contributed by atoms with Crippen LogP contribution in [0.25, 0.3) is 0 Å². The first kappa shape index (κ1) is 10.9. The second-order valence-corrected chi connectivity index (χ2v) is 3.50. The lowest BCUT2D eigenvalue weighted by atomic mass is 10.1. The van der Waals surface area contributed by atoms with Crippen molar-refractivity contribution in [3.8, 4) is 0 Å². The van der Waals surface area contributed by atoms with Crippen molar-refractivity contribution in [2.75, 3.05) is 6.54 Å². The van der Waals surface area contributed by atoms with Gasteiger partial charge in [-0.1, -0.05) is 20.8 Å². The molecule has 0 aliphatic carbocycles. The van der Waals surface area contributed by atoms with Gasteiger partial charge >= 0.3 is 0 Å². The van der Waals surface area contributed by atoms with Gasteiger partial charge in [-0.05, 0) is 19.3 Å². The van der Waals surface area contributed by atoms with Gasteiger partial charge in [0.25, 0.3) is 0 Å². The normalized spacial score (nSPS) is 16.9. The molecule has 0 spiro atoms. The molecule has 2 nitrogen and oxygen atoms in total. The quantitative estimate of drug-likeness (QED) is 0.635. The van der Waals surface area contributed by atoms with Crippen LogP contribution in [0.1, 0.15) is 34.1 Å². The molecule has 0 saturated carbocycles. The van der Waals surface area contributed by atoms with Gasteiger partial charge in [0.05, 0.1) is 6.10 Å². The predicted molar refractivity (Wildman–Crippen MR) is 48.6 cm³/mol. The molecule has 0 aromatic carbocycles. The molecule has 0 radical (unpaired) electrons. The average Bonchev–Trinajstić information content (AvgIpc) is 1.99. The number of nitrogens with one attached hydrogen (secondary N) is 1. The highest BCUT2D eigenvalue weighted by atomic mass is 16.3. The zero-order chi connectivity index (χ0) is 8.85. The van der Waals surface area contributed by atoms with Gasteiger partial charge in [-0.3, -0.25) is 0 Å². The van der Waals surface area contributed by atoms with Gasteiger partial charge in [0, 0.05) is 12.6 Å². The Morgan fingerprint density at radius 3 is 2.18 bits per heavy atom. The van der Waals surface area contributed by atoms with Crippen LogP contribution in [0.5, 0.6) is 0 Å². The highest BCUT2D eigenvalue weighted by Gasteiger charge is 2.07. The number of hydrogen-bond donors (Lipinski definition) is 2. The molecule has 0 heterocycles. The minimum absolute atomic E-state index is 0.184. The first-order chi connectivity index (χ1) is 5.07. The molecule has 2 atom stereocenters. The van der Waals surface area contributed by atoms with Crippen LogP contribution in [0.4, 0.5) is 0 Å². The Labute approximate surface area is 70.0 Å². The lowest BCUT2D eigenvalue weighted by Gasteiger charge is -2.19. The highest BCUT2D eigenvalue weighted by molar-refractivity contribution is 4.66. The molecule has 2 unspecified atom stereocenters. The van der Waals surface area contributed by atoms with Gasteiger partial charge in [0.1, 0.15) is 0 Å². The molecule has 11 heavy (non-hydrogen) atoms. The van der Waals surface area contributed by atoms with Crippen molar-refractivity contribution >= 4 is 0 Å². The fourth-order valence-corrected chi connectivity index (χ4v) is 0.702. The number of aliphatic hydroxyl groups is 1. The fraction of sp³-hybridized carbons (Fsp3) is 1.00. The van der Waals surface area contributed by atoms with Crippen LogP contribution in [0.2, 0.25) is 0 Å². The second-order valence-electron chi connectivity index (χ2n) is 3.50. The number of rotatable bonds is 5.